The topological polar surface area (TPSA) is 45.2 Å². The molecule has 1 unspecified atom stereocenters. The maximum absolute atomic E-state index is 13.0. The molecule has 0 aliphatic carbocycles. The number of halogens is 3. The molecule has 31 heavy (non-hydrogen) atoms. The van der Waals surface area contributed by atoms with E-state index < -0.39 is 6.36 Å². The van der Waals surface area contributed by atoms with Crippen molar-refractivity contribution in [3.8, 4) is 5.75 Å². The number of hydrogen-bond donors (Lipinski definition) is 0. The van der Waals surface area contributed by atoms with Crippen molar-refractivity contribution in [1.82, 2.24) is 14.7 Å². The fourth-order valence-corrected chi connectivity index (χ4v) is 5.19. The molecule has 6 nitrogen and oxygen atoms in total. The number of carbonyl (C=O) groups excluding carboxylic acids is 1. The van der Waals surface area contributed by atoms with E-state index in [0.29, 0.717) is 32.8 Å². The summed E-state index contributed by atoms with van der Waals surface area (Å²) in [7, 11) is 2.04. The molecule has 1 atom stereocenters. The van der Waals surface area contributed by atoms with E-state index in [1.165, 1.54) is 12.1 Å². The number of benzene rings is 1. The van der Waals surface area contributed by atoms with Crippen molar-refractivity contribution < 1.29 is 27.4 Å². The summed E-state index contributed by atoms with van der Waals surface area (Å²) in [6, 6.07) is 6.13. The van der Waals surface area contributed by atoms with Crippen LogP contribution in [0.3, 0.4) is 0 Å². The van der Waals surface area contributed by atoms with Crippen LogP contribution in [0.25, 0.3) is 0 Å². The van der Waals surface area contributed by atoms with Gasteiger partial charge in [-0.25, -0.2) is 0 Å². The summed E-state index contributed by atoms with van der Waals surface area (Å²) in [6.07, 6.45) is -1.83. The van der Waals surface area contributed by atoms with Crippen molar-refractivity contribution in [2.75, 3.05) is 53.0 Å². The van der Waals surface area contributed by atoms with Crippen LogP contribution in [0, 0.1) is 5.41 Å². The van der Waals surface area contributed by atoms with Crippen LogP contribution in [0.4, 0.5) is 13.2 Å². The summed E-state index contributed by atoms with van der Waals surface area (Å²) in [5.41, 5.74) is 0.945. The molecular formula is C22H30F3N3O3. The largest absolute Gasteiger partial charge is 0.573 e. The van der Waals surface area contributed by atoms with Gasteiger partial charge in [-0.1, -0.05) is 12.1 Å². The van der Waals surface area contributed by atoms with E-state index in [1.54, 1.807) is 6.07 Å². The highest BCUT2D eigenvalue weighted by Gasteiger charge is 2.47. The lowest BCUT2D eigenvalue weighted by Crippen LogP contribution is -2.48. The first kappa shape index (κ1) is 22.4. The van der Waals surface area contributed by atoms with Gasteiger partial charge in [-0.3, -0.25) is 14.6 Å². The van der Waals surface area contributed by atoms with Crippen LogP contribution in [0.2, 0.25) is 0 Å². The number of amides is 1. The molecule has 3 aliphatic rings. The zero-order valence-corrected chi connectivity index (χ0v) is 17.9. The Bertz CT molecular complexity index is 775. The van der Waals surface area contributed by atoms with E-state index >= 15 is 0 Å². The number of alkyl halides is 3. The maximum atomic E-state index is 13.0. The summed E-state index contributed by atoms with van der Waals surface area (Å²) in [6.45, 7) is 5.80. The second-order valence-corrected chi connectivity index (χ2v) is 9.04. The van der Waals surface area contributed by atoms with Crippen LogP contribution in [-0.2, 0) is 16.1 Å². The number of likely N-dealkylation sites (N-methyl/N-ethyl adjacent to an activating group) is 1. The zero-order valence-electron chi connectivity index (χ0n) is 17.9. The molecule has 0 N–H and O–H groups in total. The van der Waals surface area contributed by atoms with Crippen molar-refractivity contribution >= 4 is 5.91 Å². The first-order chi connectivity index (χ1) is 14.7. The number of likely N-dealkylation sites (tertiary alicyclic amines) is 2. The molecule has 1 aromatic carbocycles. The smallest absolute Gasteiger partial charge is 0.406 e. The molecule has 0 aromatic heterocycles. The Balaban J connectivity index is 1.31. The van der Waals surface area contributed by atoms with Crippen LogP contribution < -0.4 is 4.74 Å². The lowest BCUT2D eigenvalue weighted by Gasteiger charge is -2.39. The Kier molecular flexibility index (Phi) is 6.46. The molecule has 3 aliphatic heterocycles. The summed E-state index contributed by atoms with van der Waals surface area (Å²) in [4.78, 5) is 19.4. The summed E-state index contributed by atoms with van der Waals surface area (Å²) in [5, 5.41) is 0. The Hall–Kier alpha value is -1.84. The molecule has 0 saturated carbocycles. The molecule has 1 spiro atoms. The van der Waals surface area contributed by atoms with Gasteiger partial charge >= 0.3 is 6.36 Å². The lowest BCUT2D eigenvalue weighted by molar-refractivity contribution is -0.274. The average molecular weight is 441 g/mol. The molecule has 0 radical (unpaired) electrons. The highest BCUT2D eigenvalue weighted by molar-refractivity contribution is 5.82. The third kappa shape index (κ3) is 5.51. The Labute approximate surface area is 180 Å². The van der Waals surface area contributed by atoms with Crippen molar-refractivity contribution in [3.63, 3.8) is 0 Å². The van der Waals surface area contributed by atoms with Gasteiger partial charge in [-0.2, -0.15) is 0 Å². The van der Waals surface area contributed by atoms with E-state index in [1.807, 2.05) is 18.0 Å². The van der Waals surface area contributed by atoms with Gasteiger partial charge in [0.1, 0.15) is 5.75 Å². The average Bonchev–Trinajstić information content (AvgIpc) is 3.05. The SMILES string of the molecule is CN1CC2(CCN(Cc3cccc(OC(F)(F)F)c3)CC2)CC1C(=O)N1CCOCC1. The number of piperidine rings is 1. The van der Waals surface area contributed by atoms with Gasteiger partial charge < -0.3 is 14.4 Å². The number of rotatable bonds is 4. The number of ether oxygens (including phenoxy) is 2. The fourth-order valence-electron chi connectivity index (χ4n) is 5.19. The lowest BCUT2D eigenvalue weighted by atomic mass is 9.76. The van der Waals surface area contributed by atoms with E-state index in [4.69, 9.17) is 4.74 Å². The van der Waals surface area contributed by atoms with E-state index in [2.05, 4.69) is 14.5 Å². The molecule has 1 aromatic rings. The molecule has 3 saturated heterocycles. The zero-order chi connectivity index (χ0) is 22.1. The highest BCUT2D eigenvalue weighted by atomic mass is 19.4. The monoisotopic (exact) mass is 441 g/mol. The Morgan fingerprint density at radius 3 is 2.58 bits per heavy atom. The predicted octanol–water partition coefficient (Wildman–Crippen LogP) is 2.73. The predicted molar refractivity (Wildman–Crippen MR) is 109 cm³/mol. The minimum absolute atomic E-state index is 0.0687. The van der Waals surface area contributed by atoms with Crippen LogP contribution in [0.15, 0.2) is 24.3 Å². The van der Waals surface area contributed by atoms with Crippen LogP contribution in [0.5, 0.6) is 5.75 Å². The summed E-state index contributed by atoms with van der Waals surface area (Å²) >= 11 is 0. The normalized spacial score (nSPS) is 25.2. The maximum Gasteiger partial charge on any atom is 0.573 e. The number of hydrogen-bond acceptors (Lipinski definition) is 5. The van der Waals surface area contributed by atoms with E-state index in [-0.39, 0.29) is 23.1 Å². The van der Waals surface area contributed by atoms with Gasteiger partial charge in [0.15, 0.2) is 0 Å². The van der Waals surface area contributed by atoms with E-state index in [9.17, 15) is 18.0 Å². The van der Waals surface area contributed by atoms with Crippen LogP contribution in [0.1, 0.15) is 24.8 Å². The second kappa shape index (κ2) is 8.96. The number of carbonyl (C=O) groups is 1. The van der Waals surface area contributed by atoms with E-state index in [0.717, 1.165) is 44.5 Å². The van der Waals surface area contributed by atoms with Crippen molar-refractivity contribution in [3.05, 3.63) is 29.8 Å². The van der Waals surface area contributed by atoms with Gasteiger partial charge in [-0.15, -0.1) is 13.2 Å². The van der Waals surface area contributed by atoms with Crippen LogP contribution in [-0.4, -0.2) is 86.0 Å². The summed E-state index contributed by atoms with van der Waals surface area (Å²) in [5.74, 6) is 0.0342. The van der Waals surface area contributed by atoms with Gasteiger partial charge in [-0.05, 0) is 62.5 Å². The molecule has 9 heteroatoms. The van der Waals surface area contributed by atoms with Gasteiger partial charge in [0.25, 0.3) is 0 Å². The molecule has 172 valence electrons. The molecule has 3 heterocycles. The number of morpholine rings is 1. The molecule has 3 fully saturated rings. The first-order valence-corrected chi connectivity index (χ1v) is 10.9. The second-order valence-electron chi connectivity index (χ2n) is 9.04. The Morgan fingerprint density at radius 1 is 1.19 bits per heavy atom. The highest BCUT2D eigenvalue weighted by Crippen LogP contribution is 2.43. The standard InChI is InChI=1S/C22H30F3N3O3/c1-26-16-21(14-19(26)20(29)28-9-11-30-12-10-28)5-7-27(8-6-21)15-17-3-2-4-18(13-17)31-22(23,24)25/h2-4,13,19H,5-12,14-16H2,1H3. The van der Waals surface area contributed by atoms with Crippen LogP contribution >= 0.6 is 0 Å². The summed E-state index contributed by atoms with van der Waals surface area (Å²) < 4.78 is 46.8. The third-order valence-corrected chi connectivity index (χ3v) is 6.81. The van der Waals surface area contributed by atoms with Gasteiger partial charge in [0.2, 0.25) is 5.91 Å². The molecular weight excluding hydrogens is 411 g/mol. The molecule has 0 bridgehead atoms. The Morgan fingerprint density at radius 2 is 1.90 bits per heavy atom. The fraction of sp³-hybridized carbons (Fsp3) is 0.682. The molecule has 1 amide bonds. The van der Waals surface area contributed by atoms with Gasteiger partial charge in [0.05, 0.1) is 19.3 Å². The van der Waals surface area contributed by atoms with Crippen molar-refractivity contribution in [2.24, 2.45) is 5.41 Å². The van der Waals surface area contributed by atoms with Crippen molar-refractivity contribution in [1.29, 1.82) is 0 Å². The minimum atomic E-state index is -4.68. The molecule has 4 rings (SSSR count). The van der Waals surface area contributed by atoms with Crippen molar-refractivity contribution in [2.45, 2.75) is 38.2 Å². The van der Waals surface area contributed by atoms with Gasteiger partial charge in [0, 0.05) is 26.2 Å². The first-order valence-electron chi connectivity index (χ1n) is 10.9. The minimum Gasteiger partial charge on any atom is -0.406 e. The third-order valence-electron chi connectivity index (χ3n) is 6.81. The number of nitrogens with zero attached hydrogens (tertiary/aromatic N) is 3. The quantitative estimate of drug-likeness (QED) is 0.719.